The van der Waals surface area contributed by atoms with E-state index in [1.54, 1.807) is 0 Å². The third-order valence-corrected chi connectivity index (χ3v) is 5.39. The SMILES string of the molecule is C[C@@H]1Cc2ccccc2N1C(=O)[C@@H](C)[NH+](C)CCOc1ccc(Cl)cc1. The third kappa shape index (κ3) is 4.02. The number of nitrogens with one attached hydrogen (secondary N) is 1. The fourth-order valence-electron chi connectivity index (χ4n) is 3.40. The maximum Gasteiger partial charge on any atom is 0.285 e. The number of carbonyl (C=O) groups excluding carboxylic acids is 1. The Morgan fingerprint density at radius 1 is 1.27 bits per heavy atom. The molecule has 138 valence electrons. The standard InChI is InChI=1S/C21H25ClN2O2/c1-15-14-17-6-4-5-7-20(17)24(15)21(25)16(2)23(3)12-13-26-19-10-8-18(22)9-11-19/h4-11,15-16H,12-14H2,1-3H3/p+1/t15-,16-/m1/s1. The van der Waals surface area contributed by atoms with Crippen LogP contribution in [0.1, 0.15) is 19.4 Å². The Bertz CT molecular complexity index is 763. The van der Waals surface area contributed by atoms with Crippen molar-refractivity contribution in [3.63, 3.8) is 0 Å². The second-order valence-electron chi connectivity index (χ2n) is 7.01. The highest BCUT2D eigenvalue weighted by molar-refractivity contribution is 6.30. The third-order valence-electron chi connectivity index (χ3n) is 5.13. The summed E-state index contributed by atoms with van der Waals surface area (Å²) < 4.78 is 5.76. The molecule has 0 saturated carbocycles. The normalized spacial score (nSPS) is 18.3. The summed E-state index contributed by atoms with van der Waals surface area (Å²) in [5, 5.41) is 0.694. The van der Waals surface area contributed by atoms with Gasteiger partial charge < -0.3 is 14.5 Å². The first-order chi connectivity index (χ1) is 12.5. The van der Waals surface area contributed by atoms with Gasteiger partial charge in [-0.1, -0.05) is 29.8 Å². The van der Waals surface area contributed by atoms with Crippen molar-refractivity contribution in [2.75, 3.05) is 25.1 Å². The van der Waals surface area contributed by atoms with E-state index in [9.17, 15) is 4.79 Å². The van der Waals surface area contributed by atoms with Gasteiger partial charge in [0.25, 0.3) is 5.91 Å². The largest absolute Gasteiger partial charge is 0.488 e. The van der Waals surface area contributed by atoms with Crippen molar-refractivity contribution in [1.82, 2.24) is 0 Å². The van der Waals surface area contributed by atoms with Crippen LogP contribution in [0.4, 0.5) is 5.69 Å². The van der Waals surface area contributed by atoms with Gasteiger partial charge in [-0.2, -0.15) is 0 Å². The first-order valence-corrected chi connectivity index (χ1v) is 9.47. The molecule has 1 amide bonds. The number of fused-ring (bicyclic) bond motifs is 1. The summed E-state index contributed by atoms with van der Waals surface area (Å²) in [6.07, 6.45) is 0.924. The van der Waals surface area contributed by atoms with Gasteiger partial charge >= 0.3 is 0 Å². The molecule has 2 aromatic carbocycles. The number of hydrogen-bond acceptors (Lipinski definition) is 2. The predicted molar refractivity (Wildman–Crippen MR) is 105 cm³/mol. The van der Waals surface area contributed by atoms with E-state index >= 15 is 0 Å². The maximum absolute atomic E-state index is 13.1. The van der Waals surface area contributed by atoms with Gasteiger partial charge in [-0.25, -0.2) is 0 Å². The average molecular weight is 374 g/mol. The molecule has 26 heavy (non-hydrogen) atoms. The van der Waals surface area contributed by atoms with Crippen LogP contribution in [0.25, 0.3) is 0 Å². The van der Waals surface area contributed by atoms with Crippen LogP contribution >= 0.6 is 11.6 Å². The van der Waals surface area contributed by atoms with E-state index in [4.69, 9.17) is 16.3 Å². The first-order valence-electron chi connectivity index (χ1n) is 9.09. The van der Waals surface area contributed by atoms with Crippen molar-refractivity contribution in [1.29, 1.82) is 0 Å². The van der Waals surface area contributed by atoms with Crippen LogP contribution in [-0.2, 0) is 11.2 Å². The number of carbonyl (C=O) groups is 1. The van der Waals surface area contributed by atoms with Crippen molar-refractivity contribution in [2.45, 2.75) is 32.4 Å². The minimum Gasteiger partial charge on any atom is -0.488 e. The molecule has 2 aromatic rings. The minimum absolute atomic E-state index is 0.127. The van der Waals surface area contributed by atoms with Crippen LogP contribution in [0.2, 0.25) is 5.02 Å². The number of likely N-dealkylation sites (N-methyl/N-ethyl adjacent to an activating group) is 1. The summed E-state index contributed by atoms with van der Waals surface area (Å²) in [5.41, 5.74) is 2.31. The predicted octanol–water partition coefficient (Wildman–Crippen LogP) is 2.60. The van der Waals surface area contributed by atoms with Gasteiger partial charge in [-0.15, -0.1) is 0 Å². The molecule has 0 fully saturated rings. The van der Waals surface area contributed by atoms with Crippen LogP contribution in [0, 0.1) is 0 Å². The van der Waals surface area contributed by atoms with Gasteiger partial charge in [0.15, 0.2) is 6.04 Å². The summed E-state index contributed by atoms with van der Waals surface area (Å²) >= 11 is 5.88. The van der Waals surface area contributed by atoms with E-state index in [1.165, 1.54) is 5.56 Å². The lowest BCUT2D eigenvalue weighted by Gasteiger charge is -2.28. The molecule has 1 unspecified atom stereocenters. The first kappa shape index (κ1) is 18.7. The number of para-hydroxylation sites is 1. The quantitative estimate of drug-likeness (QED) is 0.844. The summed E-state index contributed by atoms with van der Waals surface area (Å²) in [6, 6.07) is 15.6. The molecule has 1 N–H and O–H groups in total. The number of hydrogen-bond donors (Lipinski definition) is 1. The Morgan fingerprint density at radius 2 is 1.96 bits per heavy atom. The molecule has 0 bridgehead atoms. The molecule has 0 radical (unpaired) electrons. The summed E-state index contributed by atoms with van der Waals surface area (Å²) in [6.45, 7) is 5.41. The number of ether oxygens (including phenoxy) is 1. The molecule has 5 heteroatoms. The Morgan fingerprint density at radius 3 is 2.69 bits per heavy atom. The molecule has 4 nitrogen and oxygen atoms in total. The molecule has 0 aromatic heterocycles. The van der Waals surface area contributed by atoms with Gasteiger partial charge in [0.05, 0.1) is 7.05 Å². The maximum atomic E-state index is 13.1. The molecule has 0 saturated heterocycles. The van der Waals surface area contributed by atoms with E-state index in [2.05, 4.69) is 13.0 Å². The number of benzene rings is 2. The van der Waals surface area contributed by atoms with Gasteiger partial charge in [0, 0.05) is 16.8 Å². The molecule has 1 heterocycles. The van der Waals surface area contributed by atoms with E-state index in [0.717, 1.165) is 29.3 Å². The molecule has 3 rings (SSSR count). The highest BCUT2D eigenvalue weighted by atomic mass is 35.5. The lowest BCUT2D eigenvalue weighted by molar-refractivity contribution is -0.894. The van der Waals surface area contributed by atoms with Crippen molar-refractivity contribution in [3.05, 3.63) is 59.1 Å². The van der Waals surface area contributed by atoms with Crippen molar-refractivity contribution in [3.8, 4) is 5.75 Å². The second kappa shape index (κ2) is 8.11. The summed E-state index contributed by atoms with van der Waals surface area (Å²) in [5.74, 6) is 0.967. The van der Waals surface area contributed by atoms with E-state index in [1.807, 2.05) is 61.3 Å². The van der Waals surface area contributed by atoms with E-state index in [0.29, 0.717) is 11.6 Å². The zero-order valence-corrected chi connectivity index (χ0v) is 16.3. The minimum atomic E-state index is -0.127. The summed E-state index contributed by atoms with van der Waals surface area (Å²) in [7, 11) is 2.04. The Hall–Kier alpha value is -2.04. The molecule has 0 aliphatic carbocycles. The Balaban J connectivity index is 1.57. The van der Waals surface area contributed by atoms with Gasteiger partial charge in [0.2, 0.25) is 0 Å². The van der Waals surface area contributed by atoms with Crippen LogP contribution in [0.3, 0.4) is 0 Å². The van der Waals surface area contributed by atoms with E-state index < -0.39 is 0 Å². The molecule has 0 spiro atoms. The van der Waals surface area contributed by atoms with Crippen molar-refractivity contribution < 1.29 is 14.4 Å². The van der Waals surface area contributed by atoms with Crippen LogP contribution in [0.5, 0.6) is 5.75 Å². The summed E-state index contributed by atoms with van der Waals surface area (Å²) in [4.78, 5) is 16.2. The lowest BCUT2D eigenvalue weighted by Crippen LogP contribution is -3.14. The molecular formula is C21H26ClN2O2+. The second-order valence-corrected chi connectivity index (χ2v) is 7.45. The smallest absolute Gasteiger partial charge is 0.285 e. The topological polar surface area (TPSA) is 34.0 Å². The fraction of sp³-hybridized carbons (Fsp3) is 0.381. The van der Waals surface area contributed by atoms with Gasteiger partial charge in [0.1, 0.15) is 18.9 Å². The molecule has 3 atom stereocenters. The fourth-order valence-corrected chi connectivity index (χ4v) is 3.52. The molecular weight excluding hydrogens is 348 g/mol. The monoisotopic (exact) mass is 373 g/mol. The Labute approximate surface area is 160 Å². The molecule has 1 aliphatic rings. The lowest BCUT2D eigenvalue weighted by atomic mass is 10.1. The van der Waals surface area contributed by atoms with Crippen LogP contribution in [-0.4, -0.2) is 38.2 Å². The number of rotatable bonds is 6. The van der Waals surface area contributed by atoms with Crippen molar-refractivity contribution in [2.24, 2.45) is 0 Å². The van der Waals surface area contributed by atoms with Crippen molar-refractivity contribution >= 4 is 23.2 Å². The van der Waals surface area contributed by atoms with Gasteiger partial charge in [-0.05, 0) is 56.2 Å². The highest BCUT2D eigenvalue weighted by Gasteiger charge is 2.35. The number of anilines is 1. The number of nitrogens with zero attached hydrogens (tertiary/aromatic N) is 1. The molecule has 1 aliphatic heterocycles. The highest BCUT2D eigenvalue weighted by Crippen LogP contribution is 2.32. The average Bonchev–Trinajstić information content (AvgIpc) is 2.97. The van der Waals surface area contributed by atoms with Crippen LogP contribution in [0.15, 0.2) is 48.5 Å². The zero-order valence-electron chi connectivity index (χ0n) is 15.5. The number of amides is 1. The van der Waals surface area contributed by atoms with E-state index in [-0.39, 0.29) is 18.0 Å². The Kier molecular flexibility index (Phi) is 5.84. The van der Waals surface area contributed by atoms with Gasteiger partial charge in [-0.3, -0.25) is 4.79 Å². The zero-order chi connectivity index (χ0) is 18.7. The van der Waals surface area contributed by atoms with Crippen LogP contribution < -0.4 is 14.5 Å². The number of quaternary nitrogens is 1. The number of halogens is 1.